The van der Waals surface area contributed by atoms with Gasteiger partial charge >= 0.3 is 5.97 Å². The maximum atomic E-state index is 12.5. The molecule has 37 heavy (non-hydrogen) atoms. The number of nitrogens with zero attached hydrogens (tertiary/aromatic N) is 2. The first-order valence-electron chi connectivity index (χ1n) is 11.8. The molecule has 2 aromatic carbocycles. The van der Waals surface area contributed by atoms with Crippen molar-refractivity contribution in [3.05, 3.63) is 76.3 Å². The Morgan fingerprint density at radius 3 is 2.38 bits per heavy atom. The second kappa shape index (κ2) is 9.42. The van der Waals surface area contributed by atoms with Crippen LogP contribution in [-0.4, -0.2) is 34.4 Å². The lowest BCUT2D eigenvalue weighted by Gasteiger charge is -2.20. The van der Waals surface area contributed by atoms with Crippen LogP contribution in [0.4, 0.5) is 5.69 Å². The number of nitrogens with one attached hydrogen (secondary N) is 1. The average Bonchev–Trinajstić information content (AvgIpc) is 3.39. The molecule has 5 rings (SSSR count). The van der Waals surface area contributed by atoms with Crippen LogP contribution < -0.4 is 15.2 Å². The Morgan fingerprint density at radius 1 is 1.00 bits per heavy atom. The van der Waals surface area contributed by atoms with Crippen LogP contribution in [0.25, 0.3) is 22.0 Å². The number of pyridine rings is 1. The maximum Gasteiger partial charge on any atom is 0.309 e. The van der Waals surface area contributed by atoms with E-state index in [1.165, 1.54) is 12.0 Å². The van der Waals surface area contributed by atoms with Gasteiger partial charge in [0.1, 0.15) is 17.0 Å². The zero-order chi connectivity index (χ0) is 26.3. The smallest absolute Gasteiger partial charge is 0.309 e. The molecular weight excluding hydrogens is 474 g/mol. The van der Waals surface area contributed by atoms with Crippen molar-refractivity contribution in [2.45, 2.75) is 26.2 Å². The minimum absolute atomic E-state index is 0.151. The van der Waals surface area contributed by atoms with Crippen LogP contribution in [0.15, 0.2) is 59.7 Å². The number of amides is 2. The van der Waals surface area contributed by atoms with Gasteiger partial charge in [-0.25, -0.2) is 0 Å². The van der Waals surface area contributed by atoms with E-state index >= 15 is 0 Å². The zero-order valence-corrected chi connectivity index (χ0v) is 20.7. The summed E-state index contributed by atoms with van der Waals surface area (Å²) in [6.45, 7) is 1.82. The number of aryl methyl sites for hydroxylation is 2. The SMILES string of the molecule is COC(=O)Cc1ccc(Oc2cc(C)c(N3C(=O)CCC3=O)cc2-c2cn(C)c3c(=O)[nH]ccc23)cc1. The largest absolute Gasteiger partial charge is 0.469 e. The highest BCUT2D eigenvalue weighted by Gasteiger charge is 2.32. The Bertz CT molecular complexity index is 1600. The molecular formula is C28H25N3O6. The third kappa shape index (κ3) is 4.40. The highest BCUT2D eigenvalue weighted by atomic mass is 16.5. The van der Waals surface area contributed by atoms with Crippen LogP contribution in [0.5, 0.6) is 11.5 Å². The predicted octanol–water partition coefficient (Wildman–Crippen LogP) is 4.00. The summed E-state index contributed by atoms with van der Waals surface area (Å²) in [4.78, 5) is 53.1. The summed E-state index contributed by atoms with van der Waals surface area (Å²) in [5.74, 6) is 0.202. The van der Waals surface area contributed by atoms with Gasteiger partial charge in [-0.05, 0) is 48.4 Å². The lowest BCUT2D eigenvalue weighted by atomic mass is 10.0. The van der Waals surface area contributed by atoms with Gasteiger partial charge in [0.05, 0.1) is 19.2 Å². The summed E-state index contributed by atoms with van der Waals surface area (Å²) in [5, 5.41) is 0.707. The molecule has 4 aromatic rings. The molecule has 0 atom stereocenters. The average molecular weight is 500 g/mol. The molecule has 0 aliphatic carbocycles. The van der Waals surface area contributed by atoms with Crippen molar-refractivity contribution in [1.29, 1.82) is 0 Å². The molecule has 2 amide bonds. The highest BCUT2D eigenvalue weighted by molar-refractivity contribution is 6.20. The lowest BCUT2D eigenvalue weighted by molar-refractivity contribution is -0.139. The van der Waals surface area contributed by atoms with E-state index in [0.29, 0.717) is 39.2 Å². The number of carbonyl (C=O) groups excluding carboxylic acids is 3. The summed E-state index contributed by atoms with van der Waals surface area (Å²) in [7, 11) is 3.13. The number of rotatable bonds is 6. The Labute approximate surface area is 212 Å². The molecule has 9 nitrogen and oxygen atoms in total. The molecule has 0 saturated carbocycles. The van der Waals surface area contributed by atoms with E-state index in [1.807, 2.05) is 19.2 Å². The van der Waals surface area contributed by atoms with Gasteiger partial charge in [0.2, 0.25) is 11.8 Å². The molecule has 0 unspecified atom stereocenters. The van der Waals surface area contributed by atoms with Crippen molar-refractivity contribution in [2.24, 2.45) is 7.05 Å². The Kier molecular flexibility index (Phi) is 6.12. The number of anilines is 1. The molecule has 9 heteroatoms. The van der Waals surface area contributed by atoms with Crippen molar-refractivity contribution < 1.29 is 23.9 Å². The van der Waals surface area contributed by atoms with E-state index in [4.69, 9.17) is 9.47 Å². The number of hydrogen-bond donors (Lipinski definition) is 1. The predicted molar refractivity (Wildman–Crippen MR) is 138 cm³/mol. The molecule has 0 spiro atoms. The van der Waals surface area contributed by atoms with Crippen LogP contribution in [0.3, 0.4) is 0 Å². The number of aromatic nitrogens is 2. The molecule has 188 valence electrons. The third-order valence-electron chi connectivity index (χ3n) is 6.51. The molecule has 0 radical (unpaired) electrons. The van der Waals surface area contributed by atoms with Gasteiger partial charge in [0.25, 0.3) is 5.56 Å². The summed E-state index contributed by atoms with van der Waals surface area (Å²) in [6.07, 6.45) is 3.91. The molecule has 0 bridgehead atoms. The zero-order valence-electron chi connectivity index (χ0n) is 20.7. The number of aromatic amines is 1. The van der Waals surface area contributed by atoms with Gasteiger partial charge in [-0.3, -0.25) is 24.1 Å². The van der Waals surface area contributed by atoms with Crippen LogP contribution >= 0.6 is 0 Å². The lowest BCUT2D eigenvalue weighted by Crippen LogP contribution is -2.29. The van der Waals surface area contributed by atoms with Crippen molar-refractivity contribution in [3.8, 4) is 22.6 Å². The van der Waals surface area contributed by atoms with Gasteiger partial charge < -0.3 is 19.0 Å². The molecule has 1 fully saturated rings. The number of fused-ring (bicyclic) bond motifs is 1. The number of esters is 1. The number of benzene rings is 2. The van der Waals surface area contributed by atoms with Crippen LogP contribution in [0, 0.1) is 6.92 Å². The number of ether oxygens (including phenoxy) is 2. The molecule has 1 N–H and O–H groups in total. The van der Waals surface area contributed by atoms with Crippen LogP contribution in [0.1, 0.15) is 24.0 Å². The normalized spacial score (nSPS) is 13.4. The Hall–Kier alpha value is -4.66. The van der Waals surface area contributed by atoms with E-state index in [1.54, 1.807) is 54.2 Å². The van der Waals surface area contributed by atoms with Crippen molar-refractivity contribution in [1.82, 2.24) is 9.55 Å². The third-order valence-corrected chi connectivity index (χ3v) is 6.51. The van der Waals surface area contributed by atoms with Gasteiger partial charge in [0, 0.05) is 48.8 Å². The first-order chi connectivity index (χ1) is 17.8. The molecule has 1 saturated heterocycles. The van der Waals surface area contributed by atoms with E-state index in [9.17, 15) is 19.2 Å². The van der Waals surface area contributed by atoms with Gasteiger partial charge in [0.15, 0.2) is 0 Å². The van der Waals surface area contributed by atoms with Crippen molar-refractivity contribution in [3.63, 3.8) is 0 Å². The first kappa shape index (κ1) is 24.1. The number of imide groups is 1. The summed E-state index contributed by atoms with van der Waals surface area (Å²) in [5.41, 5.74) is 3.58. The second-order valence-corrected chi connectivity index (χ2v) is 8.98. The number of H-pyrrole nitrogens is 1. The fourth-order valence-corrected chi connectivity index (χ4v) is 4.67. The summed E-state index contributed by atoms with van der Waals surface area (Å²) >= 11 is 0. The van der Waals surface area contributed by atoms with Crippen LogP contribution in [-0.2, 0) is 32.6 Å². The van der Waals surface area contributed by atoms with E-state index < -0.39 is 0 Å². The number of carbonyl (C=O) groups is 3. The first-order valence-corrected chi connectivity index (χ1v) is 11.8. The van der Waals surface area contributed by atoms with Crippen molar-refractivity contribution in [2.75, 3.05) is 12.0 Å². The Balaban J connectivity index is 1.64. The number of methoxy groups -OCH3 is 1. The molecule has 2 aromatic heterocycles. The second-order valence-electron chi connectivity index (χ2n) is 8.98. The molecule has 1 aliphatic heterocycles. The summed E-state index contributed by atoms with van der Waals surface area (Å²) < 4.78 is 12.8. The maximum absolute atomic E-state index is 12.5. The fraction of sp³-hybridized carbons (Fsp3) is 0.214. The monoisotopic (exact) mass is 499 g/mol. The molecule has 1 aliphatic rings. The minimum atomic E-state index is -0.334. The van der Waals surface area contributed by atoms with Gasteiger partial charge in [-0.1, -0.05) is 12.1 Å². The van der Waals surface area contributed by atoms with Gasteiger partial charge in [-0.2, -0.15) is 0 Å². The quantitative estimate of drug-likeness (QED) is 0.317. The van der Waals surface area contributed by atoms with E-state index in [2.05, 4.69) is 4.98 Å². The standard InChI is InChI=1S/C28H25N3O6/c1-16-12-23(37-18-6-4-17(5-7-18)13-26(34)36-3)20(14-22(16)31-24(32)8-9-25(31)33)21-15-30(2)27-19(21)10-11-29-28(27)35/h4-7,10-12,14-15H,8-9,13H2,1-3H3,(H,29,35). The minimum Gasteiger partial charge on any atom is -0.469 e. The molecule has 3 heterocycles. The van der Waals surface area contributed by atoms with E-state index in [-0.39, 0.29) is 42.6 Å². The Morgan fingerprint density at radius 2 is 1.70 bits per heavy atom. The van der Waals surface area contributed by atoms with E-state index in [0.717, 1.165) is 11.1 Å². The van der Waals surface area contributed by atoms with Crippen LogP contribution in [0.2, 0.25) is 0 Å². The number of hydrogen-bond acceptors (Lipinski definition) is 6. The highest BCUT2D eigenvalue weighted by Crippen LogP contribution is 2.42. The van der Waals surface area contributed by atoms with Crippen molar-refractivity contribution >= 4 is 34.4 Å². The van der Waals surface area contributed by atoms with Gasteiger partial charge in [-0.15, -0.1) is 0 Å². The fourth-order valence-electron chi connectivity index (χ4n) is 4.67. The summed E-state index contributed by atoms with van der Waals surface area (Å²) in [6, 6.07) is 12.5. The topological polar surface area (TPSA) is 111 Å².